The Morgan fingerprint density at radius 3 is 2.76 bits per heavy atom. The number of rotatable bonds is 7. The summed E-state index contributed by atoms with van der Waals surface area (Å²) >= 11 is 1.65. The van der Waals surface area contributed by atoms with Crippen LogP contribution in [0, 0.1) is 5.92 Å². The Morgan fingerprint density at radius 1 is 1.33 bits per heavy atom. The summed E-state index contributed by atoms with van der Waals surface area (Å²) in [5, 5.41) is 3.08. The summed E-state index contributed by atoms with van der Waals surface area (Å²) in [5.74, 6) is 0.987. The average molecular weight is 300 g/mol. The van der Waals surface area contributed by atoms with Crippen LogP contribution in [0.3, 0.4) is 0 Å². The van der Waals surface area contributed by atoms with Crippen LogP contribution in [0.1, 0.15) is 35.8 Å². The number of aromatic nitrogens is 1. The Labute approximate surface area is 129 Å². The molecule has 1 aromatic carbocycles. The smallest absolute Gasteiger partial charge is 0.185 e. The van der Waals surface area contributed by atoms with Crippen LogP contribution < -0.4 is 4.90 Å². The highest BCUT2D eigenvalue weighted by Crippen LogP contribution is 2.32. The Balaban J connectivity index is 1.65. The molecule has 1 fully saturated rings. The van der Waals surface area contributed by atoms with Crippen molar-refractivity contribution >= 4 is 22.3 Å². The van der Waals surface area contributed by atoms with Crippen molar-refractivity contribution in [2.45, 2.75) is 26.2 Å². The molecular weight excluding hydrogens is 280 g/mol. The molecule has 0 radical (unpaired) electrons. The van der Waals surface area contributed by atoms with Crippen molar-refractivity contribution in [3.63, 3.8) is 0 Å². The normalized spacial score (nSPS) is 14.1. The molecule has 0 bridgehead atoms. The number of hydrogen-bond acceptors (Lipinski definition) is 4. The summed E-state index contributed by atoms with van der Waals surface area (Å²) in [5.41, 5.74) is 1.65. The summed E-state index contributed by atoms with van der Waals surface area (Å²) in [6.45, 7) is 4.25. The van der Waals surface area contributed by atoms with E-state index in [0.29, 0.717) is 6.42 Å². The fourth-order valence-corrected chi connectivity index (χ4v) is 3.27. The highest BCUT2D eigenvalue weighted by atomic mass is 32.1. The maximum Gasteiger partial charge on any atom is 0.185 e. The molecule has 4 heteroatoms. The number of benzene rings is 1. The lowest BCUT2D eigenvalue weighted by molar-refractivity contribution is 0.0992. The first kappa shape index (κ1) is 14.3. The molecule has 0 atom stereocenters. The third-order valence-corrected chi connectivity index (χ3v) is 4.76. The van der Waals surface area contributed by atoms with E-state index in [0.717, 1.165) is 35.4 Å². The largest absolute Gasteiger partial charge is 0.348 e. The van der Waals surface area contributed by atoms with Crippen molar-refractivity contribution in [2.24, 2.45) is 5.92 Å². The molecule has 21 heavy (non-hydrogen) atoms. The predicted octanol–water partition coefficient (Wildman–Crippen LogP) is 3.80. The van der Waals surface area contributed by atoms with Gasteiger partial charge < -0.3 is 4.90 Å². The van der Waals surface area contributed by atoms with Gasteiger partial charge in [0.15, 0.2) is 10.9 Å². The van der Waals surface area contributed by atoms with Crippen molar-refractivity contribution in [3.8, 4) is 0 Å². The minimum Gasteiger partial charge on any atom is -0.348 e. The van der Waals surface area contributed by atoms with E-state index < -0.39 is 0 Å². The molecule has 0 aliphatic heterocycles. The van der Waals surface area contributed by atoms with E-state index in [9.17, 15) is 4.79 Å². The number of ketones is 1. The predicted molar refractivity (Wildman–Crippen MR) is 87.2 cm³/mol. The zero-order chi connectivity index (χ0) is 14.7. The molecule has 0 saturated heterocycles. The van der Waals surface area contributed by atoms with Crippen molar-refractivity contribution in [2.75, 3.05) is 18.0 Å². The van der Waals surface area contributed by atoms with E-state index in [4.69, 9.17) is 0 Å². The number of hydrogen-bond donors (Lipinski definition) is 0. The van der Waals surface area contributed by atoms with Gasteiger partial charge >= 0.3 is 0 Å². The molecular formula is C17H20N2OS. The summed E-state index contributed by atoms with van der Waals surface area (Å²) < 4.78 is 0. The van der Waals surface area contributed by atoms with Crippen LogP contribution in [-0.4, -0.2) is 23.9 Å². The zero-order valence-electron chi connectivity index (χ0n) is 12.3. The van der Waals surface area contributed by atoms with E-state index in [-0.39, 0.29) is 5.78 Å². The van der Waals surface area contributed by atoms with Gasteiger partial charge in [0.1, 0.15) is 0 Å². The second-order valence-electron chi connectivity index (χ2n) is 5.57. The third kappa shape index (κ3) is 3.70. The molecule has 0 N–H and O–H groups in total. The van der Waals surface area contributed by atoms with Crippen molar-refractivity contribution < 1.29 is 4.79 Å². The van der Waals surface area contributed by atoms with Gasteiger partial charge in [-0.25, -0.2) is 4.98 Å². The summed E-state index contributed by atoms with van der Waals surface area (Å²) in [7, 11) is 0. The van der Waals surface area contributed by atoms with E-state index >= 15 is 0 Å². The van der Waals surface area contributed by atoms with Gasteiger partial charge in [-0.3, -0.25) is 4.79 Å². The van der Waals surface area contributed by atoms with Gasteiger partial charge in [-0.15, -0.1) is 11.3 Å². The highest BCUT2D eigenvalue weighted by Gasteiger charge is 2.25. The molecule has 0 spiro atoms. The first-order valence-electron chi connectivity index (χ1n) is 7.54. The molecule has 1 aliphatic carbocycles. The van der Waals surface area contributed by atoms with Gasteiger partial charge in [-0.05, 0) is 25.7 Å². The second-order valence-corrected chi connectivity index (χ2v) is 6.41. The minimum atomic E-state index is 0.137. The number of Topliss-reactive ketones (excluding diaryl/α,β-unsaturated/α-hetero) is 1. The SMILES string of the molecule is CCN(CC1CC1)c1nc(CC(=O)c2ccccc2)cs1. The van der Waals surface area contributed by atoms with E-state index in [1.807, 2.05) is 35.7 Å². The first-order valence-corrected chi connectivity index (χ1v) is 8.42. The lowest BCUT2D eigenvalue weighted by atomic mass is 10.1. The van der Waals surface area contributed by atoms with Gasteiger partial charge in [0.2, 0.25) is 0 Å². The maximum atomic E-state index is 12.2. The van der Waals surface area contributed by atoms with Crippen LogP contribution in [0.15, 0.2) is 35.7 Å². The van der Waals surface area contributed by atoms with Crippen LogP contribution in [0.5, 0.6) is 0 Å². The Hall–Kier alpha value is -1.68. The molecule has 1 saturated carbocycles. The Bertz CT molecular complexity index is 604. The number of thiazole rings is 1. The fraction of sp³-hybridized carbons (Fsp3) is 0.412. The minimum absolute atomic E-state index is 0.137. The van der Waals surface area contributed by atoms with Crippen LogP contribution in [0.25, 0.3) is 0 Å². The number of carbonyl (C=O) groups is 1. The second kappa shape index (κ2) is 6.39. The molecule has 0 unspecified atom stereocenters. The number of carbonyl (C=O) groups excluding carboxylic acids is 1. The first-order chi connectivity index (χ1) is 10.3. The van der Waals surface area contributed by atoms with Crippen molar-refractivity contribution in [3.05, 3.63) is 47.0 Å². The lowest BCUT2D eigenvalue weighted by Crippen LogP contribution is -2.25. The lowest BCUT2D eigenvalue weighted by Gasteiger charge is -2.19. The number of anilines is 1. The van der Waals surface area contributed by atoms with Gasteiger partial charge in [-0.2, -0.15) is 0 Å². The average Bonchev–Trinajstić information content (AvgIpc) is 3.23. The Kier molecular flexibility index (Phi) is 4.34. The van der Waals surface area contributed by atoms with Crippen LogP contribution in [-0.2, 0) is 6.42 Å². The quantitative estimate of drug-likeness (QED) is 0.729. The molecule has 1 aliphatic rings. The summed E-state index contributed by atoms with van der Waals surface area (Å²) in [6.07, 6.45) is 3.09. The monoisotopic (exact) mass is 300 g/mol. The Morgan fingerprint density at radius 2 is 2.10 bits per heavy atom. The van der Waals surface area contributed by atoms with E-state index in [1.54, 1.807) is 11.3 Å². The standard InChI is InChI=1S/C17H20N2OS/c1-2-19(11-13-8-9-13)17-18-15(12-21-17)10-16(20)14-6-4-3-5-7-14/h3-7,12-13H,2,8-11H2,1H3. The van der Waals surface area contributed by atoms with Crippen molar-refractivity contribution in [1.82, 2.24) is 4.98 Å². The molecule has 110 valence electrons. The van der Waals surface area contributed by atoms with Crippen LogP contribution in [0.4, 0.5) is 5.13 Å². The molecule has 0 amide bonds. The van der Waals surface area contributed by atoms with E-state index in [2.05, 4.69) is 16.8 Å². The third-order valence-electron chi connectivity index (χ3n) is 3.80. The van der Waals surface area contributed by atoms with Crippen molar-refractivity contribution in [1.29, 1.82) is 0 Å². The summed E-state index contributed by atoms with van der Waals surface area (Å²) in [6, 6.07) is 9.44. The summed E-state index contributed by atoms with van der Waals surface area (Å²) in [4.78, 5) is 19.2. The topological polar surface area (TPSA) is 33.2 Å². The number of nitrogens with zero attached hydrogens (tertiary/aromatic N) is 2. The van der Waals surface area contributed by atoms with Gasteiger partial charge in [0.05, 0.1) is 12.1 Å². The van der Waals surface area contributed by atoms with Gasteiger partial charge in [-0.1, -0.05) is 30.3 Å². The zero-order valence-corrected chi connectivity index (χ0v) is 13.1. The fourth-order valence-electron chi connectivity index (χ4n) is 2.37. The highest BCUT2D eigenvalue weighted by molar-refractivity contribution is 7.13. The molecule has 2 aromatic rings. The van der Waals surface area contributed by atoms with Crippen LogP contribution in [0.2, 0.25) is 0 Å². The van der Waals surface area contributed by atoms with Gasteiger partial charge in [0.25, 0.3) is 0 Å². The molecule has 3 rings (SSSR count). The van der Waals surface area contributed by atoms with Gasteiger partial charge in [0, 0.05) is 24.0 Å². The van der Waals surface area contributed by atoms with E-state index in [1.165, 1.54) is 12.8 Å². The molecule has 1 aromatic heterocycles. The molecule has 3 nitrogen and oxygen atoms in total. The van der Waals surface area contributed by atoms with Crippen LogP contribution >= 0.6 is 11.3 Å². The maximum absolute atomic E-state index is 12.2. The molecule has 1 heterocycles.